The number of aromatic nitrogens is 2. The van der Waals surface area contributed by atoms with Crippen LogP contribution in [0.1, 0.15) is 34.6 Å². The first kappa shape index (κ1) is 15.7. The maximum absolute atomic E-state index is 12.1. The summed E-state index contributed by atoms with van der Waals surface area (Å²) >= 11 is 5.72. The number of carbonyl (C=O) groups is 1. The highest BCUT2D eigenvalue weighted by Gasteiger charge is 2.28. The number of hydrogen-bond acceptors (Lipinski definition) is 5. The van der Waals surface area contributed by atoms with Crippen molar-refractivity contribution < 1.29 is 9.53 Å². The van der Waals surface area contributed by atoms with Crippen LogP contribution in [0.3, 0.4) is 0 Å². The minimum Gasteiger partial charge on any atom is -0.458 e. The molecule has 0 fully saturated rings. The van der Waals surface area contributed by atoms with Gasteiger partial charge in [0.05, 0.1) is 17.4 Å². The van der Waals surface area contributed by atoms with Crippen molar-refractivity contribution in [2.45, 2.75) is 46.3 Å². The minimum absolute atomic E-state index is 0.0501. The van der Waals surface area contributed by atoms with Crippen LogP contribution in [-0.2, 0) is 9.53 Å². The molecule has 1 heterocycles. The first-order valence-electron chi connectivity index (χ1n) is 6.16. The highest BCUT2D eigenvalue weighted by Crippen LogP contribution is 2.15. The molecule has 1 N–H and O–H groups in total. The molecule has 19 heavy (non-hydrogen) atoms. The summed E-state index contributed by atoms with van der Waals surface area (Å²) in [6.07, 6.45) is 2.95. The van der Waals surface area contributed by atoms with Crippen molar-refractivity contribution in [1.29, 1.82) is 0 Å². The van der Waals surface area contributed by atoms with E-state index in [-0.39, 0.29) is 11.9 Å². The average Bonchev–Trinajstić information content (AvgIpc) is 2.25. The molecule has 0 spiro atoms. The fourth-order valence-corrected chi connectivity index (χ4v) is 1.49. The van der Waals surface area contributed by atoms with E-state index < -0.39 is 11.6 Å². The summed E-state index contributed by atoms with van der Waals surface area (Å²) in [6, 6.07) is -0.500. The second-order valence-corrected chi connectivity index (χ2v) is 6.06. The summed E-state index contributed by atoms with van der Waals surface area (Å²) in [5, 5.41) is 3.42. The zero-order valence-electron chi connectivity index (χ0n) is 11.9. The molecule has 1 rings (SSSR count). The largest absolute Gasteiger partial charge is 0.458 e. The molecule has 0 aliphatic carbocycles. The van der Waals surface area contributed by atoms with Gasteiger partial charge in [-0.15, -0.1) is 0 Å². The van der Waals surface area contributed by atoms with Gasteiger partial charge in [-0.1, -0.05) is 25.4 Å². The van der Waals surface area contributed by atoms with Gasteiger partial charge < -0.3 is 10.1 Å². The predicted octanol–water partition coefficient (Wildman–Crippen LogP) is 2.91. The highest BCUT2D eigenvalue weighted by molar-refractivity contribution is 6.30. The Hall–Kier alpha value is -1.36. The van der Waals surface area contributed by atoms with Crippen LogP contribution in [0, 0.1) is 5.92 Å². The summed E-state index contributed by atoms with van der Waals surface area (Å²) in [7, 11) is 0. The summed E-state index contributed by atoms with van der Waals surface area (Å²) in [6.45, 7) is 9.36. The van der Waals surface area contributed by atoms with E-state index in [0.29, 0.717) is 11.0 Å². The van der Waals surface area contributed by atoms with Crippen LogP contribution >= 0.6 is 11.6 Å². The van der Waals surface area contributed by atoms with E-state index in [9.17, 15) is 4.79 Å². The first-order chi connectivity index (χ1) is 8.69. The zero-order chi connectivity index (χ0) is 14.6. The molecule has 1 aromatic heterocycles. The number of anilines is 1. The van der Waals surface area contributed by atoms with Gasteiger partial charge in [0.1, 0.15) is 11.6 Å². The Kier molecular flexibility index (Phi) is 5.11. The summed E-state index contributed by atoms with van der Waals surface area (Å²) in [5.74, 6) is 0.0872. The maximum Gasteiger partial charge on any atom is 0.329 e. The van der Waals surface area contributed by atoms with E-state index in [2.05, 4.69) is 15.3 Å². The Morgan fingerprint density at radius 1 is 1.32 bits per heavy atom. The van der Waals surface area contributed by atoms with E-state index >= 15 is 0 Å². The van der Waals surface area contributed by atoms with Gasteiger partial charge in [-0.25, -0.2) is 14.8 Å². The fourth-order valence-electron chi connectivity index (χ4n) is 1.39. The lowest BCUT2D eigenvalue weighted by atomic mass is 10.0. The van der Waals surface area contributed by atoms with Crippen molar-refractivity contribution in [3.63, 3.8) is 0 Å². The van der Waals surface area contributed by atoms with Crippen LogP contribution in [0.2, 0.25) is 5.02 Å². The van der Waals surface area contributed by atoms with Gasteiger partial charge in [-0.2, -0.15) is 0 Å². The lowest BCUT2D eigenvalue weighted by molar-refractivity contribution is -0.156. The van der Waals surface area contributed by atoms with Gasteiger partial charge in [0.2, 0.25) is 5.95 Å². The summed E-state index contributed by atoms with van der Waals surface area (Å²) < 4.78 is 5.37. The Morgan fingerprint density at radius 3 is 2.26 bits per heavy atom. The molecule has 6 heteroatoms. The smallest absolute Gasteiger partial charge is 0.329 e. The van der Waals surface area contributed by atoms with Gasteiger partial charge in [0, 0.05) is 0 Å². The molecule has 0 aliphatic rings. The van der Waals surface area contributed by atoms with Crippen LogP contribution in [-0.4, -0.2) is 27.6 Å². The number of halogens is 1. The van der Waals surface area contributed by atoms with Crippen molar-refractivity contribution in [2.24, 2.45) is 5.92 Å². The predicted molar refractivity (Wildman–Crippen MR) is 75.1 cm³/mol. The number of hydrogen-bond donors (Lipinski definition) is 1. The van der Waals surface area contributed by atoms with Gasteiger partial charge in [-0.3, -0.25) is 0 Å². The molecule has 0 amide bonds. The number of rotatable bonds is 4. The normalized spacial score (nSPS) is 13.2. The molecule has 1 aromatic rings. The van der Waals surface area contributed by atoms with Crippen molar-refractivity contribution in [3.05, 3.63) is 17.4 Å². The van der Waals surface area contributed by atoms with Crippen LogP contribution in [0.15, 0.2) is 12.4 Å². The number of esters is 1. The molecule has 0 aromatic carbocycles. The molecule has 106 valence electrons. The summed E-state index contributed by atoms with van der Waals surface area (Å²) in [4.78, 5) is 20.1. The molecule has 0 bridgehead atoms. The van der Waals surface area contributed by atoms with E-state index in [1.54, 1.807) is 0 Å². The lowest BCUT2D eigenvalue weighted by Gasteiger charge is -2.26. The third-order valence-electron chi connectivity index (χ3n) is 2.23. The van der Waals surface area contributed by atoms with E-state index in [0.717, 1.165) is 0 Å². The number of nitrogens with zero attached hydrogens (tertiary/aromatic N) is 2. The maximum atomic E-state index is 12.1. The molecule has 0 aliphatic heterocycles. The third kappa shape index (κ3) is 5.42. The highest BCUT2D eigenvalue weighted by atomic mass is 35.5. The van der Waals surface area contributed by atoms with Crippen LogP contribution < -0.4 is 5.32 Å². The third-order valence-corrected chi connectivity index (χ3v) is 2.43. The second kappa shape index (κ2) is 6.19. The molecular weight excluding hydrogens is 266 g/mol. The Balaban J connectivity index is 2.78. The van der Waals surface area contributed by atoms with Crippen molar-refractivity contribution in [3.8, 4) is 0 Å². The second-order valence-electron chi connectivity index (χ2n) is 5.62. The van der Waals surface area contributed by atoms with Gasteiger partial charge in [0.25, 0.3) is 0 Å². The minimum atomic E-state index is -0.521. The molecule has 0 radical (unpaired) electrons. The molecule has 0 saturated carbocycles. The van der Waals surface area contributed by atoms with Gasteiger partial charge >= 0.3 is 5.97 Å². The van der Waals surface area contributed by atoms with Crippen LogP contribution in [0.25, 0.3) is 0 Å². The average molecular weight is 286 g/mol. The molecular formula is C13H20ClN3O2. The zero-order valence-corrected chi connectivity index (χ0v) is 12.7. The molecule has 0 saturated heterocycles. The molecule has 5 nitrogen and oxygen atoms in total. The van der Waals surface area contributed by atoms with E-state index in [1.807, 2.05) is 34.6 Å². The van der Waals surface area contributed by atoms with Crippen molar-refractivity contribution >= 4 is 23.5 Å². The molecule has 0 unspecified atom stereocenters. The lowest BCUT2D eigenvalue weighted by Crippen LogP contribution is -2.40. The summed E-state index contributed by atoms with van der Waals surface area (Å²) in [5.41, 5.74) is -0.521. The SMILES string of the molecule is CC(C)[C@@H](Nc1ncc(Cl)cn1)C(=O)OC(C)(C)C. The Labute approximate surface area is 118 Å². The van der Waals surface area contributed by atoms with Crippen molar-refractivity contribution in [2.75, 3.05) is 5.32 Å². The topological polar surface area (TPSA) is 64.1 Å². The van der Waals surface area contributed by atoms with E-state index in [1.165, 1.54) is 12.4 Å². The standard InChI is InChI=1S/C13H20ClN3O2/c1-8(2)10(11(18)19-13(3,4)5)17-12-15-6-9(14)7-16-12/h6-8,10H,1-5H3,(H,15,16,17)/t10-/m1/s1. The van der Waals surface area contributed by atoms with Crippen molar-refractivity contribution in [1.82, 2.24) is 9.97 Å². The van der Waals surface area contributed by atoms with Crippen LogP contribution in [0.4, 0.5) is 5.95 Å². The van der Waals surface area contributed by atoms with E-state index in [4.69, 9.17) is 16.3 Å². The Bertz CT molecular complexity index is 427. The molecule has 1 atom stereocenters. The van der Waals surface area contributed by atoms with Crippen LogP contribution in [0.5, 0.6) is 0 Å². The monoisotopic (exact) mass is 285 g/mol. The van der Waals surface area contributed by atoms with Gasteiger partial charge in [0.15, 0.2) is 0 Å². The number of ether oxygens (including phenoxy) is 1. The number of nitrogens with one attached hydrogen (secondary N) is 1. The number of carbonyl (C=O) groups excluding carboxylic acids is 1. The quantitative estimate of drug-likeness (QED) is 0.862. The van der Waals surface area contributed by atoms with Gasteiger partial charge in [-0.05, 0) is 26.7 Å². The first-order valence-corrected chi connectivity index (χ1v) is 6.54. The Morgan fingerprint density at radius 2 is 1.84 bits per heavy atom. The fraction of sp³-hybridized carbons (Fsp3) is 0.615.